The van der Waals surface area contributed by atoms with Crippen molar-refractivity contribution in [2.75, 3.05) is 0 Å². The van der Waals surface area contributed by atoms with Crippen LogP contribution in [0, 0.1) is 6.33 Å². The van der Waals surface area contributed by atoms with Gasteiger partial charge in [-0.1, -0.05) is 191 Å². The summed E-state index contributed by atoms with van der Waals surface area (Å²) in [5, 5.41) is 4.08. The molecule has 0 N–H and O–H groups in total. The number of rotatable bonds is 5. The van der Waals surface area contributed by atoms with Gasteiger partial charge in [0.25, 0.3) is 6.33 Å². The fourth-order valence-corrected chi connectivity index (χ4v) is 18.3. The molecule has 71 heavy (non-hydrogen) atoms. The maximum Gasteiger partial charge on any atom is 0.269 e. The Morgan fingerprint density at radius 1 is 0.549 bits per heavy atom. The number of imidazole rings is 1. The zero-order chi connectivity index (χ0) is 47.4. The van der Waals surface area contributed by atoms with E-state index in [-0.39, 0.29) is 5.41 Å². The van der Waals surface area contributed by atoms with Crippen molar-refractivity contribution in [1.29, 1.82) is 0 Å². The van der Waals surface area contributed by atoms with E-state index in [1.165, 1.54) is 99.3 Å². The highest BCUT2D eigenvalue weighted by Crippen LogP contribution is 2.46. The smallest absolute Gasteiger partial charge is 0.269 e. The Labute approximate surface area is 416 Å². The first-order valence-corrected chi connectivity index (χ1v) is 28.2. The van der Waals surface area contributed by atoms with Gasteiger partial charge >= 0.3 is 0 Å². The molecule has 1 fully saturated rings. The minimum absolute atomic E-state index is 0.0165. The Balaban J connectivity index is 0.941. The number of aryl methyl sites for hydroxylation is 1. The first-order valence-electron chi connectivity index (χ1n) is 25.5. The van der Waals surface area contributed by atoms with E-state index in [4.69, 9.17) is 9.72 Å². The maximum atomic E-state index is 6.89. The molecule has 3 aliphatic rings. The van der Waals surface area contributed by atoms with Gasteiger partial charge in [-0.05, 0) is 116 Å². The van der Waals surface area contributed by atoms with Crippen LogP contribution in [-0.4, -0.2) is 22.2 Å². The summed E-state index contributed by atoms with van der Waals surface area (Å²) in [5.74, 6) is 2.40. The second kappa shape index (κ2) is 16.1. The summed E-state index contributed by atoms with van der Waals surface area (Å²) in [4.78, 5) is 4.92. The third-order valence-corrected chi connectivity index (χ3v) is 21.7. The molecule has 11 aromatic rings. The fraction of sp³-hybridized carbons (Fsp3) is 0.169. The number of para-hydroxylation sites is 3. The largest absolute Gasteiger partial charge is 0.458 e. The predicted octanol–water partition coefficient (Wildman–Crippen LogP) is 15.7. The highest BCUT2D eigenvalue weighted by molar-refractivity contribution is 6.93. The SMILES string of the molecule is CC(C)(C)c1ccnc(-n2c3ccccc3c3ccc(Oc4cccc(-n5[c-][n+]6c7c(cccc75)-c5ccccc5-c5ccccc5-c5cccc(-c7ccc8c(c7)CCC[Si]87CCCC7)c5-6)c4)cc32)c1. The molecule has 0 aliphatic carbocycles. The van der Waals surface area contributed by atoms with E-state index in [1.54, 1.807) is 10.8 Å². The molecule has 344 valence electrons. The van der Waals surface area contributed by atoms with Crippen molar-refractivity contribution in [3.63, 3.8) is 0 Å². The summed E-state index contributed by atoms with van der Waals surface area (Å²) in [6.07, 6.45) is 11.3. The Morgan fingerprint density at radius 3 is 2.01 bits per heavy atom. The zero-order valence-electron chi connectivity index (χ0n) is 40.5. The molecule has 0 atom stereocenters. The molecule has 0 bridgehead atoms. The van der Waals surface area contributed by atoms with Crippen LogP contribution < -0.4 is 14.5 Å². The molecule has 0 saturated carbocycles. The van der Waals surface area contributed by atoms with Gasteiger partial charge in [0.05, 0.1) is 41.5 Å². The first kappa shape index (κ1) is 42.1. The number of hydrogen-bond donors (Lipinski definition) is 0. The van der Waals surface area contributed by atoms with Crippen LogP contribution in [-0.2, 0) is 11.8 Å². The topological polar surface area (TPSA) is 35.9 Å². The molecule has 14 rings (SSSR count). The molecular formula is C65H54N4OSi. The Hall–Kier alpha value is -7.80. The van der Waals surface area contributed by atoms with Crippen molar-refractivity contribution in [2.24, 2.45) is 0 Å². The summed E-state index contributed by atoms with van der Waals surface area (Å²) in [6.45, 7) is 6.74. The molecule has 0 amide bonds. The molecule has 0 radical (unpaired) electrons. The quantitative estimate of drug-likeness (QED) is 0.0979. The normalized spacial score (nSPS) is 14.7. The number of benzene rings is 8. The second-order valence-electron chi connectivity index (χ2n) is 21.2. The van der Waals surface area contributed by atoms with E-state index < -0.39 is 8.07 Å². The highest BCUT2D eigenvalue weighted by atomic mass is 28.3. The summed E-state index contributed by atoms with van der Waals surface area (Å²) in [5.41, 5.74) is 19.0. The second-order valence-corrected chi connectivity index (χ2v) is 25.8. The fourth-order valence-electron chi connectivity index (χ4n) is 12.8. The molecule has 1 spiro atoms. The lowest BCUT2D eigenvalue weighted by molar-refractivity contribution is -0.570. The Morgan fingerprint density at radius 2 is 1.20 bits per heavy atom. The van der Waals surface area contributed by atoms with Crippen LogP contribution in [0.5, 0.6) is 11.5 Å². The van der Waals surface area contributed by atoms with Gasteiger partial charge in [-0.15, -0.1) is 0 Å². The average Bonchev–Trinajstić information content (AvgIpc) is 4.13. The van der Waals surface area contributed by atoms with Crippen LogP contribution in [0.1, 0.15) is 51.2 Å². The van der Waals surface area contributed by atoms with Gasteiger partial charge in [0, 0.05) is 23.0 Å². The zero-order valence-corrected chi connectivity index (χ0v) is 41.5. The van der Waals surface area contributed by atoms with E-state index in [1.807, 2.05) is 6.20 Å². The predicted molar refractivity (Wildman–Crippen MR) is 294 cm³/mol. The van der Waals surface area contributed by atoms with E-state index in [2.05, 4.69) is 223 Å². The monoisotopic (exact) mass is 934 g/mol. The molecule has 6 heteroatoms. The lowest BCUT2D eigenvalue weighted by atomic mass is 9.88. The molecule has 0 unspecified atom stereocenters. The maximum absolute atomic E-state index is 6.89. The third-order valence-electron chi connectivity index (χ3n) is 16.1. The molecule has 5 nitrogen and oxygen atoms in total. The van der Waals surface area contributed by atoms with Crippen LogP contribution in [0.2, 0.25) is 18.1 Å². The number of pyridine rings is 1. The molecule has 6 heterocycles. The number of nitrogens with zero attached hydrogens (tertiary/aromatic N) is 4. The molecule has 3 aromatic heterocycles. The van der Waals surface area contributed by atoms with Gasteiger partial charge in [0.1, 0.15) is 17.3 Å². The number of hydrogen-bond acceptors (Lipinski definition) is 2. The molecule has 8 aromatic carbocycles. The lowest BCUT2D eigenvalue weighted by Crippen LogP contribution is -2.49. The summed E-state index contributed by atoms with van der Waals surface area (Å²) in [6, 6.07) is 71.4. The van der Waals surface area contributed by atoms with Crippen molar-refractivity contribution >= 4 is 46.1 Å². The van der Waals surface area contributed by atoms with E-state index in [9.17, 15) is 0 Å². The van der Waals surface area contributed by atoms with E-state index in [0.29, 0.717) is 0 Å². The Bertz CT molecular complexity index is 3960. The van der Waals surface area contributed by atoms with Gasteiger partial charge in [0.2, 0.25) is 0 Å². The summed E-state index contributed by atoms with van der Waals surface area (Å²) in [7, 11) is -1.42. The third kappa shape index (κ3) is 6.72. The molecule has 1 saturated heterocycles. The van der Waals surface area contributed by atoms with E-state index in [0.717, 1.165) is 56.1 Å². The van der Waals surface area contributed by atoms with Crippen molar-refractivity contribution < 1.29 is 9.30 Å². The van der Waals surface area contributed by atoms with Gasteiger partial charge in [0.15, 0.2) is 0 Å². The lowest BCUT2D eigenvalue weighted by Gasteiger charge is -2.34. The van der Waals surface area contributed by atoms with Crippen LogP contribution in [0.4, 0.5) is 0 Å². The van der Waals surface area contributed by atoms with Crippen LogP contribution in [0.15, 0.2) is 188 Å². The van der Waals surface area contributed by atoms with Gasteiger partial charge < -0.3 is 4.74 Å². The summed E-state index contributed by atoms with van der Waals surface area (Å²) >= 11 is 0. The van der Waals surface area contributed by atoms with Crippen LogP contribution >= 0.6 is 0 Å². The number of ether oxygens (including phenoxy) is 1. The number of fused-ring (bicyclic) bond motifs is 12. The van der Waals surface area contributed by atoms with Crippen molar-refractivity contribution in [3.8, 4) is 73.2 Å². The average molecular weight is 935 g/mol. The van der Waals surface area contributed by atoms with Crippen molar-refractivity contribution in [1.82, 2.24) is 14.1 Å². The van der Waals surface area contributed by atoms with Crippen molar-refractivity contribution in [2.45, 2.75) is 70.0 Å². The Kier molecular flexibility index (Phi) is 9.56. The first-order chi connectivity index (χ1) is 34.8. The highest BCUT2D eigenvalue weighted by Gasteiger charge is 2.41. The van der Waals surface area contributed by atoms with Gasteiger partial charge in [-0.3, -0.25) is 13.7 Å². The standard InChI is InChI=1S/C65H54N4OSi/c1-65(2,3)45-33-34-66-62(39-45)69-58-27-9-8-23-54(58)55-31-30-48(41-60(55)69)70-47-18-12-17-46(40-47)67-42-68-63-49(43-29-32-61-44(38-43)16-15-37-71(61)35-10-11-36-71)24-13-25-56(63)52-21-6-4-19-50(52)51-20-5-7-22-53(51)57-26-14-28-59(67)64(57)68/h4-9,12-14,17-34,38-41H,10-11,15-16,35-37H2,1-3H3. The van der Waals surface area contributed by atoms with Gasteiger partial charge in [-0.25, -0.2) is 4.98 Å². The minimum atomic E-state index is -1.42. The minimum Gasteiger partial charge on any atom is -0.458 e. The van der Waals surface area contributed by atoms with Crippen LogP contribution in [0.25, 0.3) is 94.5 Å². The molecular weight excluding hydrogens is 881 g/mol. The summed E-state index contributed by atoms with van der Waals surface area (Å²) < 4.78 is 13.8. The number of aromatic nitrogens is 4. The molecule has 3 aliphatic heterocycles. The van der Waals surface area contributed by atoms with Gasteiger partial charge in [-0.2, -0.15) is 0 Å². The van der Waals surface area contributed by atoms with Crippen molar-refractivity contribution in [3.05, 3.63) is 206 Å². The van der Waals surface area contributed by atoms with E-state index >= 15 is 0 Å². The van der Waals surface area contributed by atoms with Crippen LogP contribution in [0.3, 0.4) is 0 Å².